The first-order valence-electron chi connectivity index (χ1n) is 29.8. The number of thiophene rings is 1. The third-order valence-electron chi connectivity index (χ3n) is 20.3. The highest BCUT2D eigenvalue weighted by Gasteiger charge is 2.43. The zero-order valence-electron chi connectivity index (χ0n) is 49.2. The quantitative estimate of drug-likeness (QED) is 0.122. The largest absolute Gasteiger partial charge is 0.456 e. The summed E-state index contributed by atoms with van der Waals surface area (Å²) < 4.78 is 17.0. The van der Waals surface area contributed by atoms with Crippen LogP contribution in [0.2, 0.25) is 0 Å². The van der Waals surface area contributed by atoms with Gasteiger partial charge in [0.2, 0.25) is 7.28 Å². The maximum atomic E-state index is 7.32. The summed E-state index contributed by atoms with van der Waals surface area (Å²) in [6, 6.07) is 42.6. The number of nitrogens with one attached hydrogen (secondary N) is 1. The van der Waals surface area contributed by atoms with Crippen LogP contribution >= 0.6 is 11.3 Å². The van der Waals surface area contributed by atoms with E-state index < -0.39 is 0 Å². The van der Waals surface area contributed by atoms with Crippen LogP contribution in [0.25, 0.3) is 65.1 Å². The Bertz CT molecular complexity index is 4170. The van der Waals surface area contributed by atoms with E-state index in [-0.39, 0.29) is 32.5 Å². The summed E-state index contributed by atoms with van der Waals surface area (Å²) in [4.78, 5) is 2.67. The summed E-state index contributed by atoms with van der Waals surface area (Å²) in [5.41, 5.74) is 23.2. The fraction of sp³-hybridized carbons (Fsp3) is 0.397. The lowest BCUT2D eigenvalue weighted by atomic mass is 9.61. The highest BCUT2D eigenvalue weighted by atomic mass is 32.1. The molecule has 0 spiro atoms. The van der Waals surface area contributed by atoms with E-state index in [1.54, 1.807) is 0 Å². The van der Waals surface area contributed by atoms with Gasteiger partial charge in [0.1, 0.15) is 22.3 Å². The van der Waals surface area contributed by atoms with Gasteiger partial charge in [0, 0.05) is 65.9 Å². The molecule has 79 heavy (non-hydrogen) atoms. The van der Waals surface area contributed by atoms with Crippen LogP contribution in [-0.2, 0) is 38.9 Å². The van der Waals surface area contributed by atoms with Crippen molar-refractivity contribution >= 4 is 111 Å². The number of fused-ring (bicyclic) bond motifs is 13. The molecule has 0 unspecified atom stereocenters. The van der Waals surface area contributed by atoms with Crippen LogP contribution in [0, 0.1) is 0 Å². The van der Waals surface area contributed by atoms with Crippen molar-refractivity contribution in [3.63, 3.8) is 0 Å². The van der Waals surface area contributed by atoms with E-state index in [0.717, 1.165) is 92.1 Å². The minimum absolute atomic E-state index is 0.0248. The predicted octanol–water partition coefficient (Wildman–Crippen LogP) is 20.3. The molecule has 3 aromatic heterocycles. The molecule has 3 aliphatic carbocycles. The van der Waals surface area contributed by atoms with Gasteiger partial charge >= 0.3 is 0 Å². The third-order valence-corrected chi connectivity index (χ3v) is 21.4. The lowest BCUT2D eigenvalue weighted by Gasteiger charge is -2.43. The number of nitrogens with zero attached hydrogens (tertiary/aromatic N) is 1. The van der Waals surface area contributed by atoms with Crippen LogP contribution < -0.4 is 20.5 Å². The number of para-hydroxylation sites is 1. The van der Waals surface area contributed by atoms with Gasteiger partial charge in [0.05, 0.1) is 11.4 Å². The molecule has 4 heterocycles. The molecular formula is C73H78BN2O2S. The van der Waals surface area contributed by atoms with Crippen molar-refractivity contribution in [2.45, 2.75) is 187 Å². The van der Waals surface area contributed by atoms with Crippen molar-refractivity contribution in [1.29, 1.82) is 0 Å². The van der Waals surface area contributed by atoms with Gasteiger partial charge in [0.15, 0.2) is 0 Å². The highest BCUT2D eigenvalue weighted by molar-refractivity contribution is 7.29. The molecule has 0 saturated carbocycles. The molecule has 1 radical (unpaired) electrons. The Balaban J connectivity index is 1.08. The van der Waals surface area contributed by atoms with Crippen LogP contribution in [0.5, 0.6) is 0 Å². The summed E-state index contributed by atoms with van der Waals surface area (Å²) in [5, 5.41) is 9.90. The Morgan fingerprint density at radius 2 is 1.10 bits per heavy atom. The highest BCUT2D eigenvalue weighted by Crippen LogP contribution is 2.55. The van der Waals surface area contributed by atoms with Crippen molar-refractivity contribution in [3.05, 3.63) is 148 Å². The summed E-state index contributed by atoms with van der Waals surface area (Å²) in [6.45, 7) is 31.6. The van der Waals surface area contributed by atoms with Crippen molar-refractivity contribution in [1.82, 2.24) is 0 Å². The van der Waals surface area contributed by atoms with Gasteiger partial charge in [-0.15, -0.1) is 11.3 Å². The van der Waals surface area contributed by atoms with E-state index in [0.29, 0.717) is 0 Å². The smallest absolute Gasteiger partial charge is 0.212 e. The van der Waals surface area contributed by atoms with Gasteiger partial charge in [-0.3, -0.25) is 0 Å². The van der Waals surface area contributed by atoms with E-state index in [9.17, 15) is 0 Å². The molecule has 4 aliphatic rings. The molecule has 0 bridgehead atoms. The zero-order valence-corrected chi connectivity index (χ0v) is 50.0. The van der Waals surface area contributed by atoms with Crippen LogP contribution in [0.1, 0.15) is 187 Å². The summed E-state index contributed by atoms with van der Waals surface area (Å²) >= 11 is 1.95. The maximum absolute atomic E-state index is 7.32. The van der Waals surface area contributed by atoms with Gasteiger partial charge in [-0.25, -0.2) is 0 Å². The second-order valence-electron chi connectivity index (χ2n) is 28.6. The minimum atomic E-state index is 0.0248. The summed E-state index contributed by atoms with van der Waals surface area (Å²) in [6.07, 6.45) is 11.7. The first kappa shape index (κ1) is 50.9. The van der Waals surface area contributed by atoms with Crippen LogP contribution in [-0.4, -0.2) is 7.28 Å². The molecule has 10 aromatic rings. The van der Waals surface area contributed by atoms with Crippen molar-refractivity contribution in [2.24, 2.45) is 0 Å². The Morgan fingerprint density at radius 1 is 0.519 bits per heavy atom. The number of hydrogen-bond donors (Lipinski definition) is 1. The van der Waals surface area contributed by atoms with Crippen LogP contribution in [0.15, 0.2) is 118 Å². The van der Waals surface area contributed by atoms with E-state index >= 15 is 0 Å². The molecule has 1 aliphatic heterocycles. The van der Waals surface area contributed by atoms with Crippen molar-refractivity contribution in [3.8, 4) is 11.1 Å². The molecule has 4 nitrogen and oxygen atoms in total. The summed E-state index contributed by atoms with van der Waals surface area (Å²) in [7, 11) is 2.53. The molecule has 7 aromatic carbocycles. The van der Waals surface area contributed by atoms with Gasteiger partial charge in [-0.1, -0.05) is 139 Å². The second-order valence-corrected chi connectivity index (χ2v) is 29.6. The first-order valence-corrected chi connectivity index (χ1v) is 30.6. The number of hydrogen-bond acceptors (Lipinski definition) is 5. The normalized spacial score (nSPS) is 19.0. The van der Waals surface area contributed by atoms with Gasteiger partial charge < -0.3 is 19.1 Å². The average Bonchev–Trinajstić information content (AvgIpc) is 4.17. The van der Waals surface area contributed by atoms with Crippen LogP contribution in [0.4, 0.5) is 28.4 Å². The van der Waals surface area contributed by atoms with E-state index in [2.05, 4.69) is 217 Å². The molecule has 14 rings (SSSR count). The molecule has 0 atom stereocenters. The maximum Gasteiger partial charge on any atom is 0.212 e. The second kappa shape index (κ2) is 17.4. The molecule has 6 heteroatoms. The lowest BCUT2D eigenvalue weighted by Crippen LogP contribution is -2.40. The number of aryl methyl sites for hydroxylation is 1. The first-order chi connectivity index (χ1) is 37.5. The Hall–Kier alpha value is -6.24. The number of anilines is 5. The lowest BCUT2D eigenvalue weighted by molar-refractivity contribution is 0.332. The Kier molecular flexibility index (Phi) is 11.2. The molecule has 0 amide bonds. The fourth-order valence-corrected chi connectivity index (χ4v) is 16.0. The van der Waals surface area contributed by atoms with Crippen LogP contribution in [0.3, 0.4) is 0 Å². The van der Waals surface area contributed by atoms with Crippen molar-refractivity contribution < 1.29 is 8.83 Å². The number of furan rings is 2. The van der Waals surface area contributed by atoms with E-state index in [4.69, 9.17) is 8.83 Å². The fourth-order valence-electron chi connectivity index (χ4n) is 14.9. The molecular weight excluding hydrogens is 980 g/mol. The number of unbranched alkanes of at least 4 members (excludes halogenated alkanes) is 2. The Labute approximate surface area is 473 Å². The number of rotatable bonds is 8. The van der Waals surface area contributed by atoms with E-state index in [1.807, 2.05) is 11.3 Å². The predicted molar refractivity (Wildman–Crippen MR) is 340 cm³/mol. The van der Waals surface area contributed by atoms with Gasteiger partial charge in [0.25, 0.3) is 0 Å². The standard InChI is InChI=1S/C73H78BN2O2S/c1-14-15-16-19-42-22-24-43(25-23-42)75-57-41-61-46(47-36-53-55(39-60(47)77-61)72(10,11)32-30-70(53,6)7)35-49(57)63-64-58(38-48-45-20-17-18-21-59(45)78-66(48)63)76(44-26-27-51-52(34-44)69(4,5)29-28-68(51,2)3)65-50-37-54-56(40-62(50)79-67(65)74-64)73(12,13)33-31-71(54,8)9/h17-18,20-27,34-41,75H,14-16,19,28-33H2,1-13H3. The Morgan fingerprint density at radius 3 is 1.77 bits per heavy atom. The monoisotopic (exact) mass is 1060 g/mol. The SMILES string of the molecule is CCCCCc1ccc(Nc2cc3oc4cc5c(cc4c3cc2-c2c3c(cc4c2oc2ccccc24)N(c2ccc4c(c2)C(C)(C)CCC4(C)C)c2c(sc4cc6c(cc24)C(C)(C)CCC6(C)C)[B]3)C(C)(C)CCC5(C)C)cc1. The molecule has 0 saturated heterocycles. The summed E-state index contributed by atoms with van der Waals surface area (Å²) in [5.74, 6) is 0. The molecule has 401 valence electrons. The zero-order chi connectivity index (χ0) is 54.9. The van der Waals surface area contributed by atoms with Gasteiger partial charge in [-0.2, -0.15) is 0 Å². The van der Waals surface area contributed by atoms with Gasteiger partial charge in [-0.05, 0) is 200 Å². The molecule has 0 fully saturated rings. The van der Waals surface area contributed by atoms with Crippen molar-refractivity contribution in [2.75, 3.05) is 10.2 Å². The molecule has 1 N–H and O–H groups in total. The average molecular weight is 1060 g/mol. The van der Waals surface area contributed by atoms with E-state index in [1.165, 1.54) is 115 Å². The number of benzene rings is 7. The minimum Gasteiger partial charge on any atom is -0.456 e. The topological polar surface area (TPSA) is 41.6 Å². The third kappa shape index (κ3) is 7.94.